The van der Waals surface area contributed by atoms with Gasteiger partial charge in [-0.2, -0.15) is 4.31 Å². The first-order chi connectivity index (χ1) is 17.4. The molecule has 0 spiro atoms. The van der Waals surface area contributed by atoms with E-state index in [-0.39, 0.29) is 22.4 Å². The van der Waals surface area contributed by atoms with Crippen molar-refractivity contribution in [1.82, 2.24) is 13.9 Å². The molecular formula is C26H31FN4O3S2. The third kappa shape index (κ3) is 6.35. The molecule has 1 N–H and O–H groups in total. The quantitative estimate of drug-likeness (QED) is 0.355. The van der Waals surface area contributed by atoms with Gasteiger partial charge in [0.05, 0.1) is 22.5 Å². The van der Waals surface area contributed by atoms with Crippen LogP contribution in [0.15, 0.2) is 64.8 Å². The van der Waals surface area contributed by atoms with Crippen LogP contribution < -0.4 is 5.32 Å². The van der Waals surface area contributed by atoms with E-state index < -0.39 is 10.0 Å². The van der Waals surface area contributed by atoms with E-state index in [0.717, 1.165) is 55.1 Å². The third-order valence-electron chi connectivity index (χ3n) is 6.12. The van der Waals surface area contributed by atoms with Crippen molar-refractivity contribution in [3.63, 3.8) is 0 Å². The number of hydrogen-bond acceptors (Lipinski definition) is 5. The van der Waals surface area contributed by atoms with Gasteiger partial charge in [0.15, 0.2) is 5.16 Å². The lowest BCUT2D eigenvalue weighted by molar-refractivity contribution is -0.113. The van der Waals surface area contributed by atoms with Crippen LogP contribution in [-0.2, 0) is 21.4 Å². The van der Waals surface area contributed by atoms with E-state index in [9.17, 15) is 17.6 Å². The Balaban J connectivity index is 1.39. The number of nitrogens with zero attached hydrogens (tertiary/aromatic N) is 3. The predicted octanol–water partition coefficient (Wildman–Crippen LogP) is 5.39. The molecule has 1 aromatic heterocycles. The minimum Gasteiger partial charge on any atom is -0.325 e. The number of carbonyl (C=O) groups excluding carboxylic acids is 1. The summed E-state index contributed by atoms with van der Waals surface area (Å²) in [4.78, 5) is 17.4. The van der Waals surface area contributed by atoms with Crippen LogP contribution in [0.1, 0.15) is 39.0 Å². The van der Waals surface area contributed by atoms with Gasteiger partial charge < -0.3 is 9.88 Å². The lowest BCUT2D eigenvalue weighted by Crippen LogP contribution is -2.35. The van der Waals surface area contributed by atoms with Crippen LogP contribution in [-0.4, -0.2) is 47.0 Å². The number of hydrogen-bond donors (Lipinski definition) is 1. The Bertz CT molecular complexity index is 1270. The van der Waals surface area contributed by atoms with Crippen molar-refractivity contribution in [2.24, 2.45) is 0 Å². The molecule has 0 saturated carbocycles. The van der Waals surface area contributed by atoms with Gasteiger partial charge in [0.25, 0.3) is 0 Å². The molecule has 36 heavy (non-hydrogen) atoms. The number of benzene rings is 2. The molecule has 2 aromatic carbocycles. The number of unbranched alkanes of at least 4 members (excludes halogenated alkanes) is 1. The standard InChI is InChI=1S/C26H31FN4O3S2/c1-2-3-17-31-24(20-7-9-21(27)10-8-20)18-28-26(31)35-19-25(32)29-22-11-13-23(14-12-22)36(33,34)30-15-5-4-6-16-30/h7-14,18H,2-6,15-17,19H2,1H3,(H,29,32). The van der Waals surface area contributed by atoms with Crippen LogP contribution in [0, 0.1) is 5.82 Å². The zero-order valence-corrected chi connectivity index (χ0v) is 22.0. The number of thioether (sulfide) groups is 1. The second kappa shape index (κ2) is 12.0. The van der Waals surface area contributed by atoms with Gasteiger partial charge in [0.1, 0.15) is 5.82 Å². The largest absolute Gasteiger partial charge is 0.325 e. The summed E-state index contributed by atoms with van der Waals surface area (Å²) >= 11 is 1.33. The molecule has 2 heterocycles. The number of halogens is 1. The Labute approximate surface area is 216 Å². The van der Waals surface area contributed by atoms with Crippen LogP contribution in [0.2, 0.25) is 0 Å². The number of piperidine rings is 1. The molecule has 1 fully saturated rings. The molecule has 3 aromatic rings. The first-order valence-corrected chi connectivity index (χ1v) is 14.7. The molecule has 0 unspecified atom stereocenters. The smallest absolute Gasteiger partial charge is 0.243 e. The van der Waals surface area contributed by atoms with E-state index >= 15 is 0 Å². The molecule has 1 saturated heterocycles. The number of imidazole rings is 1. The van der Waals surface area contributed by atoms with Crippen LogP contribution >= 0.6 is 11.8 Å². The maximum absolute atomic E-state index is 13.4. The number of carbonyl (C=O) groups is 1. The van der Waals surface area contributed by atoms with Gasteiger partial charge >= 0.3 is 0 Å². The van der Waals surface area contributed by atoms with Gasteiger partial charge in [-0.25, -0.2) is 17.8 Å². The number of nitrogens with one attached hydrogen (secondary N) is 1. The lowest BCUT2D eigenvalue weighted by atomic mass is 10.1. The first kappa shape index (κ1) is 26.4. The van der Waals surface area contributed by atoms with Crippen LogP contribution in [0.4, 0.5) is 10.1 Å². The molecule has 1 aliphatic heterocycles. The number of aromatic nitrogens is 2. The van der Waals surface area contributed by atoms with Crippen molar-refractivity contribution in [2.45, 2.75) is 55.6 Å². The van der Waals surface area contributed by atoms with Crippen molar-refractivity contribution >= 4 is 33.4 Å². The molecule has 4 rings (SSSR count). The van der Waals surface area contributed by atoms with Gasteiger partial charge in [-0.05, 0) is 73.4 Å². The van der Waals surface area contributed by atoms with Crippen molar-refractivity contribution in [3.8, 4) is 11.3 Å². The van der Waals surface area contributed by atoms with Gasteiger partial charge in [0, 0.05) is 25.3 Å². The third-order valence-corrected chi connectivity index (χ3v) is 9.02. The molecule has 10 heteroatoms. The summed E-state index contributed by atoms with van der Waals surface area (Å²) in [6.07, 6.45) is 6.54. The summed E-state index contributed by atoms with van der Waals surface area (Å²) in [6, 6.07) is 12.6. The van der Waals surface area contributed by atoms with E-state index in [0.29, 0.717) is 18.8 Å². The first-order valence-electron chi connectivity index (χ1n) is 12.2. The highest BCUT2D eigenvalue weighted by atomic mass is 32.2. The van der Waals surface area contributed by atoms with Gasteiger partial charge in [-0.15, -0.1) is 0 Å². The van der Waals surface area contributed by atoms with Crippen molar-refractivity contribution in [1.29, 1.82) is 0 Å². The van der Waals surface area contributed by atoms with Crippen molar-refractivity contribution in [3.05, 3.63) is 60.5 Å². The van der Waals surface area contributed by atoms with Crippen LogP contribution in [0.5, 0.6) is 0 Å². The summed E-state index contributed by atoms with van der Waals surface area (Å²) in [6.45, 7) is 3.96. The minimum atomic E-state index is -3.50. The normalized spacial score (nSPS) is 14.6. The molecule has 0 aliphatic carbocycles. The zero-order valence-electron chi connectivity index (χ0n) is 20.3. The average molecular weight is 531 g/mol. The minimum absolute atomic E-state index is 0.153. The van der Waals surface area contributed by atoms with E-state index in [1.54, 1.807) is 42.6 Å². The second-order valence-electron chi connectivity index (χ2n) is 8.76. The fourth-order valence-corrected chi connectivity index (χ4v) is 6.47. The Morgan fingerprint density at radius 1 is 1.06 bits per heavy atom. The van der Waals surface area contributed by atoms with E-state index in [4.69, 9.17) is 0 Å². The summed E-state index contributed by atoms with van der Waals surface area (Å²) in [5.41, 5.74) is 2.30. The molecule has 1 aliphatic rings. The number of amides is 1. The maximum Gasteiger partial charge on any atom is 0.243 e. The Morgan fingerprint density at radius 3 is 2.42 bits per heavy atom. The van der Waals surface area contributed by atoms with Gasteiger partial charge in [-0.1, -0.05) is 31.5 Å². The number of anilines is 1. The molecule has 7 nitrogen and oxygen atoms in total. The van der Waals surface area contributed by atoms with Crippen LogP contribution in [0.3, 0.4) is 0 Å². The monoisotopic (exact) mass is 530 g/mol. The number of sulfonamides is 1. The SMILES string of the molecule is CCCCn1c(-c2ccc(F)cc2)cnc1SCC(=O)Nc1ccc(S(=O)(=O)N2CCCCC2)cc1. The van der Waals surface area contributed by atoms with Gasteiger partial charge in [-0.3, -0.25) is 4.79 Å². The predicted molar refractivity (Wildman–Crippen MR) is 141 cm³/mol. The molecule has 0 radical (unpaired) electrons. The molecule has 1 amide bonds. The summed E-state index contributed by atoms with van der Waals surface area (Å²) in [7, 11) is -3.50. The van der Waals surface area contributed by atoms with Crippen LogP contribution in [0.25, 0.3) is 11.3 Å². The average Bonchev–Trinajstić information content (AvgIpc) is 3.30. The highest BCUT2D eigenvalue weighted by Gasteiger charge is 2.25. The highest BCUT2D eigenvalue weighted by molar-refractivity contribution is 7.99. The molecular weight excluding hydrogens is 499 g/mol. The summed E-state index contributed by atoms with van der Waals surface area (Å²) < 4.78 is 42.6. The lowest BCUT2D eigenvalue weighted by Gasteiger charge is -2.25. The Morgan fingerprint density at radius 2 is 1.75 bits per heavy atom. The van der Waals surface area contributed by atoms with Crippen molar-refractivity contribution < 1.29 is 17.6 Å². The Hall–Kier alpha value is -2.69. The number of rotatable bonds is 10. The maximum atomic E-state index is 13.4. The second-order valence-corrected chi connectivity index (χ2v) is 11.6. The molecule has 192 valence electrons. The topological polar surface area (TPSA) is 84.3 Å². The van der Waals surface area contributed by atoms with Gasteiger partial charge in [0.2, 0.25) is 15.9 Å². The zero-order chi connectivity index (χ0) is 25.5. The van der Waals surface area contributed by atoms with Crippen molar-refractivity contribution in [2.75, 3.05) is 24.2 Å². The Kier molecular flexibility index (Phi) is 8.81. The molecule has 0 bridgehead atoms. The summed E-state index contributed by atoms with van der Waals surface area (Å²) in [5.74, 6) is -0.346. The van der Waals surface area contributed by atoms with E-state index in [1.165, 1.54) is 28.2 Å². The highest BCUT2D eigenvalue weighted by Crippen LogP contribution is 2.27. The van der Waals surface area contributed by atoms with E-state index in [2.05, 4.69) is 21.8 Å². The molecule has 0 atom stereocenters. The fraction of sp³-hybridized carbons (Fsp3) is 0.385. The van der Waals surface area contributed by atoms with E-state index in [1.807, 2.05) is 0 Å². The fourth-order valence-electron chi connectivity index (χ4n) is 4.15. The summed E-state index contributed by atoms with van der Waals surface area (Å²) in [5, 5.41) is 3.55.